The molecule has 0 aromatic rings. The van der Waals surface area contributed by atoms with Crippen molar-refractivity contribution in [1.82, 2.24) is 0 Å². The second-order valence-corrected chi connectivity index (χ2v) is 5.80. The summed E-state index contributed by atoms with van der Waals surface area (Å²) in [7, 11) is 0. The molecule has 0 amide bonds. The Morgan fingerprint density at radius 3 is 1.53 bits per heavy atom. The van der Waals surface area contributed by atoms with Gasteiger partial charge in [-0.1, -0.05) is 31.9 Å². The third-order valence-electron chi connectivity index (χ3n) is 2.91. The molecule has 0 aromatic heterocycles. The summed E-state index contributed by atoms with van der Waals surface area (Å²) in [4.78, 5) is 21.7. The minimum atomic E-state index is -1.11. The van der Waals surface area contributed by atoms with Crippen molar-refractivity contribution in [2.24, 2.45) is 11.8 Å². The number of carboxylic acid groups (broad SMARTS) is 2. The van der Waals surface area contributed by atoms with Crippen molar-refractivity contribution >= 4 is 43.8 Å². The van der Waals surface area contributed by atoms with Gasteiger partial charge in [0.25, 0.3) is 0 Å². The molecule has 84 valence electrons. The Hall–Kier alpha value is -0.140. The Bertz CT molecular complexity index is 290. The number of rotatable bonds is 2. The smallest absolute Gasteiger partial charge is 0.310 e. The van der Waals surface area contributed by atoms with Gasteiger partial charge in [0, 0.05) is 0 Å². The van der Waals surface area contributed by atoms with E-state index in [-0.39, 0.29) is 9.65 Å². The number of hydrogen-bond donors (Lipinski definition) is 2. The summed E-state index contributed by atoms with van der Waals surface area (Å²) in [6.45, 7) is 0. The topological polar surface area (TPSA) is 83.8 Å². The average molecular weight is 344 g/mol. The number of ether oxygens (including phenoxy) is 1. The first-order chi connectivity index (χ1) is 6.95. The summed E-state index contributed by atoms with van der Waals surface area (Å²) in [6, 6.07) is 0. The van der Waals surface area contributed by atoms with Gasteiger partial charge in [0.1, 0.15) is 0 Å². The average Bonchev–Trinajstić information content (AvgIpc) is 2.64. The molecule has 0 saturated carbocycles. The monoisotopic (exact) mass is 342 g/mol. The van der Waals surface area contributed by atoms with E-state index in [0.29, 0.717) is 0 Å². The molecular formula is C8H8Br2O5. The van der Waals surface area contributed by atoms with Crippen LogP contribution < -0.4 is 0 Å². The molecule has 0 radical (unpaired) electrons. The maximum absolute atomic E-state index is 11.0. The van der Waals surface area contributed by atoms with Gasteiger partial charge in [-0.05, 0) is 0 Å². The van der Waals surface area contributed by atoms with E-state index in [2.05, 4.69) is 31.9 Å². The summed E-state index contributed by atoms with van der Waals surface area (Å²) in [5.74, 6) is -4.16. The molecule has 2 bridgehead atoms. The zero-order valence-corrected chi connectivity index (χ0v) is 10.5. The quantitative estimate of drug-likeness (QED) is 0.721. The highest BCUT2D eigenvalue weighted by Crippen LogP contribution is 2.49. The normalized spacial score (nSPS) is 48.1. The summed E-state index contributed by atoms with van der Waals surface area (Å²) in [5.41, 5.74) is 0. The lowest BCUT2D eigenvalue weighted by molar-refractivity contribution is -0.153. The largest absolute Gasteiger partial charge is 0.481 e. The SMILES string of the molecule is O=C(O)[C@@H]1[C@H]2O[C@H]([C@@H](Br)[C@H]2Br)[C@@H]1C(=O)O. The van der Waals surface area contributed by atoms with Crippen molar-refractivity contribution in [3.05, 3.63) is 0 Å². The van der Waals surface area contributed by atoms with Crippen LogP contribution in [0.25, 0.3) is 0 Å². The Balaban J connectivity index is 2.32. The van der Waals surface area contributed by atoms with Gasteiger partial charge in [-0.2, -0.15) is 0 Å². The zero-order valence-electron chi connectivity index (χ0n) is 7.34. The summed E-state index contributed by atoms with van der Waals surface area (Å²) < 4.78 is 5.39. The van der Waals surface area contributed by atoms with Gasteiger partial charge >= 0.3 is 11.9 Å². The lowest BCUT2D eigenvalue weighted by Gasteiger charge is -2.28. The first-order valence-corrected chi connectivity index (χ1v) is 6.17. The van der Waals surface area contributed by atoms with Crippen LogP contribution in [0.4, 0.5) is 0 Å². The number of carbonyl (C=O) groups is 2. The molecule has 2 heterocycles. The highest BCUT2D eigenvalue weighted by atomic mass is 79.9. The second-order valence-electron chi connectivity index (χ2n) is 3.68. The highest BCUT2D eigenvalue weighted by Gasteiger charge is 2.63. The molecule has 0 spiro atoms. The molecule has 5 nitrogen and oxygen atoms in total. The molecule has 15 heavy (non-hydrogen) atoms. The van der Waals surface area contributed by atoms with Crippen LogP contribution in [0.15, 0.2) is 0 Å². The summed E-state index contributed by atoms with van der Waals surface area (Å²) in [5, 5.41) is 18.0. The molecular weight excluding hydrogens is 336 g/mol. The van der Waals surface area contributed by atoms with Crippen LogP contribution in [0.2, 0.25) is 0 Å². The first-order valence-electron chi connectivity index (χ1n) is 4.34. The number of alkyl halides is 2. The molecule has 2 aliphatic rings. The standard InChI is InChI=1S/C8H8Br2O5/c9-3-4(10)6-2(8(13)14)1(7(11)12)5(3)15-6/h1-6H,(H,11,12)(H,13,14)/t1-,2+,3+,4-,5+,6-. The maximum Gasteiger partial charge on any atom is 0.310 e. The molecule has 0 aromatic carbocycles. The van der Waals surface area contributed by atoms with Crippen LogP contribution in [0.5, 0.6) is 0 Å². The van der Waals surface area contributed by atoms with E-state index in [9.17, 15) is 9.59 Å². The van der Waals surface area contributed by atoms with E-state index in [1.165, 1.54) is 0 Å². The van der Waals surface area contributed by atoms with Crippen molar-refractivity contribution in [3.63, 3.8) is 0 Å². The Kier molecular flexibility index (Phi) is 2.81. The van der Waals surface area contributed by atoms with E-state index in [4.69, 9.17) is 14.9 Å². The van der Waals surface area contributed by atoms with Gasteiger partial charge in [0.05, 0.1) is 33.7 Å². The van der Waals surface area contributed by atoms with E-state index in [1.807, 2.05) is 0 Å². The Labute approximate surface area is 102 Å². The number of aliphatic carboxylic acids is 2. The first kappa shape index (κ1) is 11.3. The zero-order chi connectivity index (χ0) is 11.3. The van der Waals surface area contributed by atoms with Gasteiger partial charge in [0.15, 0.2) is 0 Å². The van der Waals surface area contributed by atoms with Crippen molar-refractivity contribution < 1.29 is 24.5 Å². The molecule has 2 rings (SSSR count). The maximum atomic E-state index is 11.0. The Morgan fingerprint density at radius 2 is 1.27 bits per heavy atom. The van der Waals surface area contributed by atoms with Crippen molar-refractivity contribution in [3.8, 4) is 0 Å². The van der Waals surface area contributed by atoms with Crippen LogP contribution in [-0.4, -0.2) is 44.0 Å². The minimum absolute atomic E-state index is 0.154. The van der Waals surface area contributed by atoms with Gasteiger partial charge in [-0.25, -0.2) is 0 Å². The van der Waals surface area contributed by atoms with Crippen molar-refractivity contribution in [1.29, 1.82) is 0 Å². The number of hydrogen-bond acceptors (Lipinski definition) is 3. The number of carboxylic acids is 2. The van der Waals surface area contributed by atoms with Crippen molar-refractivity contribution in [2.75, 3.05) is 0 Å². The molecule has 2 aliphatic heterocycles. The summed E-state index contributed by atoms with van der Waals surface area (Å²) in [6.07, 6.45) is -1.14. The lowest BCUT2D eigenvalue weighted by atomic mass is 9.79. The molecule has 0 aliphatic carbocycles. The van der Waals surface area contributed by atoms with E-state index in [1.54, 1.807) is 0 Å². The van der Waals surface area contributed by atoms with Crippen molar-refractivity contribution in [2.45, 2.75) is 21.9 Å². The predicted octanol–water partition coefficient (Wildman–Crippen LogP) is 0.696. The minimum Gasteiger partial charge on any atom is -0.481 e. The molecule has 2 saturated heterocycles. The predicted molar refractivity (Wildman–Crippen MR) is 56.3 cm³/mol. The second kappa shape index (κ2) is 3.71. The van der Waals surface area contributed by atoms with Crippen LogP contribution in [0, 0.1) is 11.8 Å². The lowest BCUT2D eigenvalue weighted by Crippen LogP contribution is -2.47. The fourth-order valence-corrected chi connectivity index (χ4v) is 3.76. The van der Waals surface area contributed by atoms with Crippen LogP contribution in [0.1, 0.15) is 0 Å². The third kappa shape index (κ3) is 1.52. The highest BCUT2D eigenvalue weighted by molar-refractivity contribution is 9.12. The third-order valence-corrected chi connectivity index (χ3v) is 5.80. The number of fused-ring (bicyclic) bond motifs is 2. The number of halogens is 2. The fraction of sp³-hybridized carbons (Fsp3) is 0.750. The van der Waals surface area contributed by atoms with Gasteiger partial charge < -0.3 is 14.9 Å². The van der Waals surface area contributed by atoms with E-state index >= 15 is 0 Å². The molecule has 6 atom stereocenters. The van der Waals surface area contributed by atoms with E-state index in [0.717, 1.165) is 0 Å². The van der Waals surface area contributed by atoms with Gasteiger partial charge in [0.2, 0.25) is 0 Å². The van der Waals surface area contributed by atoms with Crippen LogP contribution in [-0.2, 0) is 14.3 Å². The van der Waals surface area contributed by atoms with Gasteiger partial charge in [-0.3, -0.25) is 9.59 Å². The molecule has 0 unspecified atom stereocenters. The molecule has 2 N–H and O–H groups in total. The van der Waals surface area contributed by atoms with Crippen LogP contribution in [0.3, 0.4) is 0 Å². The Morgan fingerprint density at radius 1 is 0.933 bits per heavy atom. The molecule has 7 heteroatoms. The summed E-state index contributed by atoms with van der Waals surface area (Å²) >= 11 is 6.64. The fourth-order valence-electron chi connectivity index (χ4n) is 2.26. The molecule has 2 fully saturated rings. The van der Waals surface area contributed by atoms with Gasteiger partial charge in [-0.15, -0.1) is 0 Å². The van der Waals surface area contributed by atoms with Crippen LogP contribution >= 0.6 is 31.9 Å². The van der Waals surface area contributed by atoms with E-state index < -0.39 is 36.0 Å².